The summed E-state index contributed by atoms with van der Waals surface area (Å²) in [5, 5.41) is 0.840. The predicted octanol–water partition coefficient (Wildman–Crippen LogP) is 7.06. The van der Waals surface area contributed by atoms with Gasteiger partial charge in [0.25, 0.3) is 0 Å². The Morgan fingerprint density at radius 3 is 2.21 bits per heavy atom. The fourth-order valence-electron chi connectivity index (χ4n) is 4.01. The third-order valence-electron chi connectivity index (χ3n) is 5.98. The summed E-state index contributed by atoms with van der Waals surface area (Å²) in [6.45, 7) is 0.675. The van der Waals surface area contributed by atoms with Crippen molar-refractivity contribution in [2.75, 3.05) is 13.7 Å². The van der Waals surface area contributed by atoms with Crippen molar-refractivity contribution in [3.63, 3.8) is 0 Å². The minimum absolute atomic E-state index is 0.299. The molecule has 34 heavy (non-hydrogen) atoms. The molecule has 2 nitrogen and oxygen atoms in total. The highest BCUT2D eigenvalue weighted by molar-refractivity contribution is 6.30. The van der Waals surface area contributed by atoms with Crippen molar-refractivity contribution in [3.8, 4) is 0 Å². The van der Waals surface area contributed by atoms with Crippen LogP contribution in [-0.2, 0) is 36.8 Å². The van der Waals surface area contributed by atoms with Crippen molar-refractivity contribution in [1.82, 2.24) is 4.98 Å². The summed E-state index contributed by atoms with van der Waals surface area (Å²) >= 11 is 5.53. The van der Waals surface area contributed by atoms with Gasteiger partial charge in [0.2, 0.25) is 0 Å². The second-order valence-corrected chi connectivity index (χ2v) is 8.75. The number of halogens is 4. The van der Waals surface area contributed by atoms with Gasteiger partial charge in [-0.15, -0.1) is 0 Å². The fraction of sp³-hybridized carbons (Fsp3) is 0.250. The van der Waals surface area contributed by atoms with E-state index in [2.05, 4.69) is 11.1 Å². The molecule has 1 aromatic heterocycles. The smallest absolute Gasteiger partial charge is 0.145 e. The average molecular weight is 484 g/mol. The first kappa shape index (κ1) is 24.2. The number of hydrogen-bond donors (Lipinski definition) is 0. The number of fused-ring (bicyclic) bond motifs is 1. The van der Waals surface area contributed by atoms with Gasteiger partial charge in [-0.05, 0) is 77.9 Å². The predicted molar refractivity (Wildman–Crippen MR) is 130 cm³/mol. The Balaban J connectivity index is 1.42. The van der Waals surface area contributed by atoms with Crippen molar-refractivity contribution < 1.29 is 17.9 Å². The summed E-state index contributed by atoms with van der Waals surface area (Å²) in [6.07, 6.45) is 4.97. The van der Waals surface area contributed by atoms with Gasteiger partial charge in [0.05, 0.1) is 6.61 Å². The topological polar surface area (TPSA) is 22.1 Å². The molecular formula is C28H25ClF3NO. The molecule has 0 spiro atoms. The summed E-state index contributed by atoms with van der Waals surface area (Å²) in [7, 11) is 1.68. The molecule has 4 aromatic rings. The monoisotopic (exact) mass is 483 g/mol. The summed E-state index contributed by atoms with van der Waals surface area (Å²) in [5.74, 6) is -1.91. The van der Waals surface area contributed by atoms with Crippen molar-refractivity contribution in [2.24, 2.45) is 0 Å². The first-order valence-corrected chi connectivity index (χ1v) is 11.6. The molecule has 6 heteroatoms. The van der Waals surface area contributed by atoms with Crippen LogP contribution in [0.15, 0.2) is 60.8 Å². The number of methoxy groups -OCH3 is 1. The van der Waals surface area contributed by atoms with E-state index in [0.717, 1.165) is 41.5 Å². The van der Waals surface area contributed by atoms with Crippen LogP contribution in [-0.4, -0.2) is 18.7 Å². The van der Waals surface area contributed by atoms with E-state index < -0.39 is 16.7 Å². The molecule has 0 saturated carbocycles. The molecule has 0 aliphatic carbocycles. The van der Waals surface area contributed by atoms with Gasteiger partial charge in [0.1, 0.15) is 22.5 Å². The van der Waals surface area contributed by atoms with Gasteiger partial charge >= 0.3 is 0 Å². The second-order valence-electron chi connectivity index (χ2n) is 8.37. The lowest BCUT2D eigenvalue weighted by atomic mass is 9.97. The van der Waals surface area contributed by atoms with Crippen LogP contribution in [0.5, 0.6) is 0 Å². The minimum atomic E-state index is -0.805. The van der Waals surface area contributed by atoms with E-state index in [4.69, 9.17) is 16.3 Å². The van der Waals surface area contributed by atoms with E-state index in [-0.39, 0.29) is 5.82 Å². The third-order valence-corrected chi connectivity index (χ3v) is 6.34. The number of pyridine rings is 1. The molecule has 0 amide bonds. The quantitative estimate of drug-likeness (QED) is 0.238. The standard InChI is InChI=1S/C28H25ClF3NO/c1-34-13-12-19-4-10-23(33-17-19)9-3-18-5-11-24-22(14-18)8-7-21(28(24)32)6-2-20-15-25(30)27(29)26(31)16-20/h4-5,7-8,10-11,14-17H,2-3,6,9,12-13H2,1H3. The molecule has 0 saturated heterocycles. The van der Waals surface area contributed by atoms with Crippen LogP contribution in [0.25, 0.3) is 10.8 Å². The van der Waals surface area contributed by atoms with Crippen LogP contribution in [0, 0.1) is 17.5 Å². The molecule has 0 aliphatic rings. The number of hydrogen-bond acceptors (Lipinski definition) is 2. The Labute approximate surface area is 202 Å². The molecular weight excluding hydrogens is 459 g/mol. The zero-order valence-electron chi connectivity index (χ0n) is 18.9. The minimum Gasteiger partial charge on any atom is -0.384 e. The molecule has 1 heterocycles. The van der Waals surface area contributed by atoms with E-state index in [1.807, 2.05) is 30.5 Å². The number of nitrogens with zero attached hydrogens (tertiary/aromatic N) is 1. The van der Waals surface area contributed by atoms with Crippen LogP contribution in [0.1, 0.15) is 27.9 Å². The van der Waals surface area contributed by atoms with Gasteiger partial charge in [0, 0.05) is 24.4 Å². The van der Waals surface area contributed by atoms with Gasteiger partial charge in [-0.1, -0.05) is 48.0 Å². The maximum Gasteiger partial charge on any atom is 0.145 e. The molecule has 0 radical (unpaired) electrons. The average Bonchev–Trinajstić information content (AvgIpc) is 2.85. The highest BCUT2D eigenvalue weighted by atomic mass is 35.5. The zero-order valence-corrected chi connectivity index (χ0v) is 19.6. The Morgan fingerprint density at radius 2 is 1.50 bits per heavy atom. The highest BCUT2D eigenvalue weighted by Crippen LogP contribution is 2.25. The van der Waals surface area contributed by atoms with E-state index in [0.29, 0.717) is 36.0 Å². The molecule has 0 unspecified atom stereocenters. The second kappa shape index (κ2) is 11.0. The fourth-order valence-corrected chi connectivity index (χ4v) is 4.12. The zero-order chi connectivity index (χ0) is 24.1. The van der Waals surface area contributed by atoms with Gasteiger partial charge in [-0.25, -0.2) is 13.2 Å². The molecule has 3 aromatic carbocycles. The Bertz CT molecular complexity index is 1270. The van der Waals surface area contributed by atoms with Gasteiger partial charge in [-0.3, -0.25) is 4.98 Å². The van der Waals surface area contributed by atoms with Crippen molar-refractivity contribution in [1.29, 1.82) is 0 Å². The van der Waals surface area contributed by atoms with Crippen LogP contribution >= 0.6 is 11.6 Å². The Hall–Kier alpha value is -2.89. The van der Waals surface area contributed by atoms with Gasteiger partial charge < -0.3 is 4.74 Å². The number of ether oxygens (including phenoxy) is 1. The van der Waals surface area contributed by atoms with Crippen LogP contribution in [0.2, 0.25) is 5.02 Å². The largest absolute Gasteiger partial charge is 0.384 e. The normalized spacial score (nSPS) is 11.3. The number of aromatic nitrogens is 1. The van der Waals surface area contributed by atoms with E-state index >= 15 is 4.39 Å². The van der Waals surface area contributed by atoms with Crippen LogP contribution in [0.3, 0.4) is 0 Å². The van der Waals surface area contributed by atoms with Crippen molar-refractivity contribution >= 4 is 22.4 Å². The number of aryl methyl sites for hydroxylation is 4. The Kier molecular flexibility index (Phi) is 7.86. The van der Waals surface area contributed by atoms with Gasteiger partial charge in [0.15, 0.2) is 0 Å². The molecule has 0 fully saturated rings. The molecule has 0 bridgehead atoms. The van der Waals surface area contributed by atoms with Crippen LogP contribution < -0.4 is 0 Å². The lowest BCUT2D eigenvalue weighted by Crippen LogP contribution is -1.99. The summed E-state index contributed by atoms with van der Waals surface area (Å²) in [5.41, 5.74) is 4.21. The van der Waals surface area contributed by atoms with Crippen molar-refractivity contribution in [3.05, 3.63) is 111 Å². The highest BCUT2D eigenvalue weighted by Gasteiger charge is 2.12. The number of rotatable bonds is 9. The maximum absolute atomic E-state index is 15.1. The number of benzene rings is 3. The van der Waals surface area contributed by atoms with E-state index in [1.54, 1.807) is 19.2 Å². The molecule has 0 atom stereocenters. The molecule has 176 valence electrons. The summed E-state index contributed by atoms with van der Waals surface area (Å²) in [6, 6.07) is 15.9. The summed E-state index contributed by atoms with van der Waals surface area (Å²) < 4.78 is 47.5. The molecule has 0 aliphatic heterocycles. The molecule has 0 N–H and O–H groups in total. The molecule has 4 rings (SSSR count). The van der Waals surface area contributed by atoms with E-state index in [1.165, 1.54) is 12.1 Å². The summed E-state index contributed by atoms with van der Waals surface area (Å²) in [4.78, 5) is 4.53. The van der Waals surface area contributed by atoms with E-state index in [9.17, 15) is 8.78 Å². The first-order chi connectivity index (χ1) is 16.4. The van der Waals surface area contributed by atoms with Gasteiger partial charge in [-0.2, -0.15) is 0 Å². The third kappa shape index (κ3) is 5.78. The first-order valence-electron chi connectivity index (χ1n) is 11.2. The SMILES string of the molecule is COCCc1ccc(CCc2ccc3c(F)c(CCc4cc(F)c(Cl)c(F)c4)ccc3c2)nc1. The van der Waals surface area contributed by atoms with Crippen molar-refractivity contribution in [2.45, 2.75) is 32.1 Å². The lowest BCUT2D eigenvalue weighted by Gasteiger charge is -2.10. The maximum atomic E-state index is 15.1. The Morgan fingerprint density at radius 1 is 0.765 bits per heavy atom. The van der Waals surface area contributed by atoms with Crippen LogP contribution in [0.4, 0.5) is 13.2 Å². The lowest BCUT2D eigenvalue weighted by molar-refractivity contribution is 0.202.